The van der Waals surface area contributed by atoms with E-state index in [0.29, 0.717) is 17.7 Å². The third-order valence-electron chi connectivity index (χ3n) is 4.73. The van der Waals surface area contributed by atoms with Crippen molar-refractivity contribution in [2.45, 2.75) is 45.1 Å². The molecule has 1 aliphatic rings. The molecule has 1 aromatic heterocycles. The highest BCUT2D eigenvalue weighted by molar-refractivity contribution is 5.93. The first-order valence-corrected chi connectivity index (χ1v) is 8.46. The first-order valence-electron chi connectivity index (χ1n) is 8.46. The summed E-state index contributed by atoms with van der Waals surface area (Å²) in [6.07, 6.45) is 7.23. The summed E-state index contributed by atoms with van der Waals surface area (Å²) in [7, 11) is 1.95. The first-order chi connectivity index (χ1) is 11.6. The topological polar surface area (TPSA) is 66.3 Å². The number of nitrogens with zero attached hydrogens (tertiary/aromatic N) is 3. The molecule has 0 bridgehead atoms. The molecule has 1 saturated carbocycles. The molecule has 0 amide bonds. The molecule has 3 rings (SSSR count). The van der Waals surface area contributed by atoms with Crippen molar-refractivity contribution < 1.29 is 9.90 Å². The van der Waals surface area contributed by atoms with Gasteiger partial charge in [-0.2, -0.15) is 0 Å². The molecule has 0 atom stereocenters. The monoisotopic (exact) mass is 325 g/mol. The Morgan fingerprint density at radius 2 is 2.00 bits per heavy atom. The maximum Gasteiger partial charge on any atom is 0.341 e. The van der Waals surface area contributed by atoms with Crippen LogP contribution in [0.25, 0.3) is 11.4 Å². The Kier molecular flexibility index (Phi) is 4.79. The van der Waals surface area contributed by atoms with Gasteiger partial charge in [0.25, 0.3) is 0 Å². The Bertz CT molecular complexity index is 739. The van der Waals surface area contributed by atoms with E-state index in [4.69, 9.17) is 0 Å². The van der Waals surface area contributed by atoms with E-state index < -0.39 is 5.97 Å². The third kappa shape index (κ3) is 3.40. The lowest BCUT2D eigenvalue weighted by Gasteiger charge is -2.32. The van der Waals surface area contributed by atoms with E-state index in [9.17, 15) is 9.90 Å². The lowest BCUT2D eigenvalue weighted by atomic mass is 9.94. The summed E-state index contributed by atoms with van der Waals surface area (Å²) in [5.41, 5.74) is 2.20. The number of hydrogen-bond acceptors (Lipinski definition) is 4. The number of aromatic carboxylic acids is 1. The molecule has 0 unspecified atom stereocenters. The van der Waals surface area contributed by atoms with Gasteiger partial charge in [-0.05, 0) is 25.8 Å². The largest absolute Gasteiger partial charge is 0.477 e. The molecule has 0 saturated heterocycles. The SMILES string of the molecule is Cc1cccc(-c2ncc(C(=O)O)c(N(C)C3CCCCC3)n2)c1. The van der Waals surface area contributed by atoms with E-state index in [2.05, 4.69) is 9.97 Å². The second-order valence-corrected chi connectivity index (χ2v) is 6.51. The van der Waals surface area contributed by atoms with Gasteiger partial charge >= 0.3 is 5.97 Å². The third-order valence-corrected chi connectivity index (χ3v) is 4.73. The van der Waals surface area contributed by atoms with Crippen molar-refractivity contribution in [3.63, 3.8) is 0 Å². The molecule has 0 spiro atoms. The standard InChI is InChI=1S/C19H23N3O2/c1-13-7-6-8-14(11-13)17-20-12-16(19(23)24)18(21-17)22(2)15-9-4-3-5-10-15/h6-8,11-12,15H,3-5,9-10H2,1-2H3,(H,23,24). The highest BCUT2D eigenvalue weighted by atomic mass is 16.4. The van der Waals surface area contributed by atoms with E-state index in [1.165, 1.54) is 25.5 Å². The van der Waals surface area contributed by atoms with Gasteiger partial charge in [-0.1, -0.05) is 43.0 Å². The van der Waals surface area contributed by atoms with Gasteiger partial charge in [0.15, 0.2) is 5.82 Å². The Morgan fingerprint density at radius 1 is 1.25 bits per heavy atom. The second-order valence-electron chi connectivity index (χ2n) is 6.51. The Labute approximate surface area is 142 Å². The van der Waals surface area contributed by atoms with Gasteiger partial charge in [-0.15, -0.1) is 0 Å². The molecular formula is C19H23N3O2. The molecule has 2 aromatic rings. The zero-order valence-corrected chi connectivity index (χ0v) is 14.2. The maximum absolute atomic E-state index is 11.6. The van der Waals surface area contributed by atoms with Crippen LogP contribution in [0, 0.1) is 6.92 Å². The number of aryl methyl sites for hydroxylation is 1. The summed E-state index contributed by atoms with van der Waals surface area (Å²) < 4.78 is 0. The van der Waals surface area contributed by atoms with Crippen molar-refractivity contribution in [3.05, 3.63) is 41.6 Å². The molecule has 1 N–H and O–H groups in total. The summed E-state index contributed by atoms with van der Waals surface area (Å²) in [5.74, 6) is 0.103. The maximum atomic E-state index is 11.6. The number of carbonyl (C=O) groups is 1. The van der Waals surface area contributed by atoms with Crippen molar-refractivity contribution in [2.75, 3.05) is 11.9 Å². The summed E-state index contributed by atoms with van der Waals surface area (Å²) in [4.78, 5) is 22.5. The minimum absolute atomic E-state index is 0.166. The van der Waals surface area contributed by atoms with Crippen LogP contribution in [0.1, 0.15) is 48.0 Å². The quantitative estimate of drug-likeness (QED) is 0.923. The Hall–Kier alpha value is -2.43. The van der Waals surface area contributed by atoms with Crippen LogP contribution in [0.5, 0.6) is 0 Å². The lowest BCUT2D eigenvalue weighted by molar-refractivity contribution is 0.0696. The summed E-state index contributed by atoms with van der Waals surface area (Å²) in [6.45, 7) is 2.02. The molecule has 1 heterocycles. The fourth-order valence-electron chi connectivity index (χ4n) is 3.36. The number of carboxylic acids is 1. The van der Waals surface area contributed by atoms with Crippen LogP contribution in [0.2, 0.25) is 0 Å². The van der Waals surface area contributed by atoms with E-state index in [1.807, 2.05) is 43.1 Å². The van der Waals surface area contributed by atoms with Gasteiger partial charge in [-0.25, -0.2) is 14.8 Å². The molecule has 24 heavy (non-hydrogen) atoms. The zero-order valence-electron chi connectivity index (χ0n) is 14.2. The van der Waals surface area contributed by atoms with E-state index in [-0.39, 0.29) is 5.56 Å². The fraction of sp³-hybridized carbons (Fsp3) is 0.421. The molecule has 5 nitrogen and oxygen atoms in total. The van der Waals surface area contributed by atoms with E-state index in [1.54, 1.807) is 0 Å². The number of benzene rings is 1. The van der Waals surface area contributed by atoms with Crippen LogP contribution in [0.4, 0.5) is 5.82 Å². The molecule has 1 fully saturated rings. The molecular weight excluding hydrogens is 302 g/mol. The fourth-order valence-corrected chi connectivity index (χ4v) is 3.36. The smallest absolute Gasteiger partial charge is 0.341 e. The minimum Gasteiger partial charge on any atom is -0.477 e. The molecule has 5 heteroatoms. The van der Waals surface area contributed by atoms with Gasteiger partial charge in [0, 0.05) is 24.8 Å². The number of hydrogen-bond donors (Lipinski definition) is 1. The van der Waals surface area contributed by atoms with Gasteiger partial charge in [0.2, 0.25) is 0 Å². The van der Waals surface area contributed by atoms with Crippen LogP contribution >= 0.6 is 0 Å². The van der Waals surface area contributed by atoms with Crippen LogP contribution < -0.4 is 4.90 Å². The predicted octanol–water partition coefficient (Wildman–Crippen LogP) is 3.92. The van der Waals surface area contributed by atoms with Crippen molar-refractivity contribution in [3.8, 4) is 11.4 Å². The van der Waals surface area contributed by atoms with Crippen LogP contribution in [0.3, 0.4) is 0 Å². The highest BCUT2D eigenvalue weighted by Gasteiger charge is 2.24. The Balaban J connectivity index is 2.01. The van der Waals surface area contributed by atoms with Crippen LogP contribution in [0.15, 0.2) is 30.5 Å². The summed E-state index contributed by atoms with van der Waals surface area (Å²) in [5, 5.41) is 9.51. The lowest BCUT2D eigenvalue weighted by Crippen LogP contribution is -2.35. The van der Waals surface area contributed by atoms with Crippen LogP contribution in [-0.4, -0.2) is 34.1 Å². The zero-order chi connectivity index (χ0) is 17.1. The highest BCUT2D eigenvalue weighted by Crippen LogP contribution is 2.28. The van der Waals surface area contributed by atoms with Gasteiger partial charge < -0.3 is 10.0 Å². The Morgan fingerprint density at radius 3 is 2.67 bits per heavy atom. The number of aromatic nitrogens is 2. The number of anilines is 1. The van der Waals surface area contributed by atoms with Gasteiger partial charge in [0.05, 0.1) is 0 Å². The number of rotatable bonds is 4. The minimum atomic E-state index is -0.983. The molecule has 0 aliphatic heterocycles. The predicted molar refractivity (Wildman–Crippen MR) is 94.4 cm³/mol. The summed E-state index contributed by atoms with van der Waals surface area (Å²) in [6, 6.07) is 8.29. The van der Waals surface area contributed by atoms with Crippen molar-refractivity contribution in [1.82, 2.24) is 9.97 Å². The molecule has 1 aromatic carbocycles. The van der Waals surface area contributed by atoms with Crippen molar-refractivity contribution >= 4 is 11.8 Å². The van der Waals surface area contributed by atoms with Gasteiger partial charge in [0.1, 0.15) is 11.4 Å². The molecule has 0 radical (unpaired) electrons. The normalized spacial score (nSPS) is 15.2. The van der Waals surface area contributed by atoms with Crippen molar-refractivity contribution in [2.24, 2.45) is 0 Å². The summed E-state index contributed by atoms with van der Waals surface area (Å²) >= 11 is 0. The average molecular weight is 325 g/mol. The molecule has 1 aliphatic carbocycles. The van der Waals surface area contributed by atoms with E-state index in [0.717, 1.165) is 24.0 Å². The molecule has 126 valence electrons. The van der Waals surface area contributed by atoms with E-state index >= 15 is 0 Å². The second kappa shape index (κ2) is 6.99. The first kappa shape index (κ1) is 16.4. The average Bonchev–Trinajstić information content (AvgIpc) is 2.61. The van der Waals surface area contributed by atoms with Crippen molar-refractivity contribution in [1.29, 1.82) is 0 Å². The van der Waals surface area contributed by atoms with Crippen LogP contribution in [-0.2, 0) is 0 Å². The van der Waals surface area contributed by atoms with Gasteiger partial charge in [-0.3, -0.25) is 0 Å². The number of carboxylic acid groups (broad SMARTS) is 1.